The van der Waals surface area contributed by atoms with Gasteiger partial charge in [0.25, 0.3) is 0 Å². The predicted octanol–water partition coefficient (Wildman–Crippen LogP) is 3.40. The van der Waals surface area contributed by atoms with E-state index in [1.54, 1.807) is 25.1 Å². The minimum Gasteiger partial charge on any atom is -0.435 e. The highest BCUT2D eigenvalue weighted by atomic mass is 19.1. The van der Waals surface area contributed by atoms with E-state index in [2.05, 4.69) is 4.74 Å². The summed E-state index contributed by atoms with van der Waals surface area (Å²) in [4.78, 5) is 10.9. The molecule has 0 saturated carbocycles. The summed E-state index contributed by atoms with van der Waals surface area (Å²) in [6.07, 6.45) is 1.06. The van der Waals surface area contributed by atoms with E-state index in [1.165, 1.54) is 12.1 Å². The van der Waals surface area contributed by atoms with Crippen molar-refractivity contribution in [2.75, 3.05) is 13.2 Å². The van der Waals surface area contributed by atoms with E-state index < -0.39 is 6.16 Å². The molecule has 0 spiro atoms. The predicted molar refractivity (Wildman–Crippen MR) is 63.0 cm³/mol. The van der Waals surface area contributed by atoms with Gasteiger partial charge < -0.3 is 9.47 Å². The lowest BCUT2D eigenvalue weighted by atomic mass is 10.1. The molecule has 4 heteroatoms. The maximum Gasteiger partial charge on any atom is 0.508 e. The minimum absolute atomic E-state index is 0.141. The van der Waals surface area contributed by atoms with Crippen LogP contribution in [-0.2, 0) is 9.47 Å². The Hall–Kier alpha value is -1.84. The highest BCUT2D eigenvalue weighted by Gasteiger charge is 2.00. The summed E-state index contributed by atoms with van der Waals surface area (Å²) >= 11 is 0. The molecule has 0 saturated heterocycles. The first kappa shape index (κ1) is 13.2. The Morgan fingerprint density at radius 1 is 1.29 bits per heavy atom. The number of ether oxygens (including phenoxy) is 2. The maximum atomic E-state index is 12.7. The van der Waals surface area contributed by atoms with Crippen molar-refractivity contribution in [1.82, 2.24) is 0 Å². The fraction of sp³-hybridized carbons (Fsp3) is 0.308. The summed E-state index contributed by atoms with van der Waals surface area (Å²) in [5.74, 6) is -0.274. The first-order chi connectivity index (χ1) is 8.13. The highest BCUT2D eigenvalue weighted by molar-refractivity contribution is 5.64. The molecule has 92 valence electrons. The van der Waals surface area contributed by atoms with Crippen molar-refractivity contribution in [2.45, 2.75) is 13.8 Å². The molecule has 0 N–H and O–H groups in total. The molecule has 0 heterocycles. The van der Waals surface area contributed by atoms with Gasteiger partial charge in [-0.15, -0.1) is 0 Å². The van der Waals surface area contributed by atoms with Crippen molar-refractivity contribution in [2.24, 2.45) is 0 Å². The molecule has 1 aromatic carbocycles. The lowest BCUT2D eigenvalue weighted by Crippen LogP contribution is -2.06. The molecule has 0 amide bonds. The van der Waals surface area contributed by atoms with Crippen molar-refractivity contribution in [3.63, 3.8) is 0 Å². The molecule has 0 bridgehead atoms. The molecule has 0 aromatic heterocycles. The molecule has 0 aliphatic heterocycles. The number of hydrogen-bond acceptors (Lipinski definition) is 3. The Kier molecular flexibility index (Phi) is 5.20. The zero-order chi connectivity index (χ0) is 12.7. The Labute approximate surface area is 99.9 Å². The van der Waals surface area contributed by atoms with E-state index in [4.69, 9.17) is 4.74 Å². The number of hydrogen-bond donors (Lipinski definition) is 0. The van der Waals surface area contributed by atoms with Crippen molar-refractivity contribution in [1.29, 1.82) is 0 Å². The van der Waals surface area contributed by atoms with Crippen LogP contribution in [0.3, 0.4) is 0 Å². The second kappa shape index (κ2) is 6.68. The monoisotopic (exact) mass is 238 g/mol. The van der Waals surface area contributed by atoms with Crippen LogP contribution in [0.1, 0.15) is 19.4 Å². The lowest BCUT2D eigenvalue weighted by Gasteiger charge is -2.03. The van der Waals surface area contributed by atoms with E-state index in [1.807, 2.05) is 6.92 Å². The van der Waals surface area contributed by atoms with Gasteiger partial charge in [0.2, 0.25) is 0 Å². The molecular formula is C13H15FO3. The molecule has 1 aromatic rings. The van der Waals surface area contributed by atoms with Crippen LogP contribution in [-0.4, -0.2) is 19.4 Å². The lowest BCUT2D eigenvalue weighted by molar-refractivity contribution is 0.0674. The van der Waals surface area contributed by atoms with Crippen molar-refractivity contribution in [3.05, 3.63) is 41.7 Å². The second-order valence-electron chi connectivity index (χ2n) is 3.39. The van der Waals surface area contributed by atoms with Crippen LogP contribution >= 0.6 is 0 Å². The Bertz CT molecular complexity index is 396. The average Bonchev–Trinajstić information content (AvgIpc) is 2.30. The van der Waals surface area contributed by atoms with Gasteiger partial charge in [-0.25, -0.2) is 9.18 Å². The molecule has 17 heavy (non-hydrogen) atoms. The topological polar surface area (TPSA) is 35.5 Å². The fourth-order valence-electron chi connectivity index (χ4n) is 1.22. The molecule has 0 radical (unpaired) electrons. The van der Waals surface area contributed by atoms with Gasteiger partial charge in [0.05, 0.1) is 6.61 Å². The number of rotatable bonds is 4. The van der Waals surface area contributed by atoms with Gasteiger partial charge in [0.1, 0.15) is 12.4 Å². The van der Waals surface area contributed by atoms with Gasteiger partial charge in [0, 0.05) is 0 Å². The van der Waals surface area contributed by atoms with Crippen molar-refractivity contribution >= 4 is 11.7 Å². The standard InChI is InChI=1S/C13H15FO3/c1-3-16-13(15)17-9-8-10(2)11-4-6-12(14)7-5-11/h4-8H,3,9H2,1-2H3/b10-8+. The molecular weight excluding hydrogens is 223 g/mol. The number of carbonyl (C=O) groups excluding carboxylic acids is 1. The quantitative estimate of drug-likeness (QED) is 0.754. The van der Waals surface area contributed by atoms with E-state index >= 15 is 0 Å². The van der Waals surface area contributed by atoms with Crippen LogP contribution in [0.4, 0.5) is 9.18 Å². The SMILES string of the molecule is CCOC(=O)OC/C=C(\C)c1ccc(F)cc1. The Balaban J connectivity index is 2.49. The third-order valence-corrected chi connectivity index (χ3v) is 2.15. The van der Waals surface area contributed by atoms with Gasteiger partial charge in [0.15, 0.2) is 0 Å². The van der Waals surface area contributed by atoms with E-state index in [9.17, 15) is 9.18 Å². The van der Waals surface area contributed by atoms with Crippen molar-refractivity contribution in [3.8, 4) is 0 Å². The third kappa shape index (κ3) is 4.68. The normalized spacial score (nSPS) is 11.1. The number of benzene rings is 1. The van der Waals surface area contributed by atoms with Crippen LogP contribution in [0, 0.1) is 5.82 Å². The number of allylic oxidation sites excluding steroid dienone is 1. The van der Waals surface area contributed by atoms with Gasteiger partial charge >= 0.3 is 6.16 Å². The van der Waals surface area contributed by atoms with E-state index in [0.29, 0.717) is 6.61 Å². The molecule has 1 rings (SSSR count). The van der Waals surface area contributed by atoms with Crippen LogP contribution in [0.15, 0.2) is 30.3 Å². The zero-order valence-corrected chi connectivity index (χ0v) is 9.90. The van der Waals surface area contributed by atoms with E-state index in [0.717, 1.165) is 11.1 Å². The number of halogens is 1. The maximum absolute atomic E-state index is 12.7. The van der Waals surface area contributed by atoms with Gasteiger partial charge in [-0.1, -0.05) is 12.1 Å². The third-order valence-electron chi connectivity index (χ3n) is 2.15. The first-order valence-corrected chi connectivity index (χ1v) is 5.35. The zero-order valence-electron chi connectivity index (χ0n) is 9.90. The second-order valence-corrected chi connectivity index (χ2v) is 3.39. The van der Waals surface area contributed by atoms with Gasteiger partial charge in [-0.2, -0.15) is 0 Å². The van der Waals surface area contributed by atoms with Gasteiger partial charge in [-0.05, 0) is 43.2 Å². The Morgan fingerprint density at radius 3 is 2.53 bits per heavy atom. The Morgan fingerprint density at radius 2 is 1.94 bits per heavy atom. The average molecular weight is 238 g/mol. The summed E-state index contributed by atoms with van der Waals surface area (Å²) in [7, 11) is 0. The summed E-state index contributed by atoms with van der Waals surface area (Å²) in [5.41, 5.74) is 1.80. The van der Waals surface area contributed by atoms with Crippen LogP contribution in [0.25, 0.3) is 5.57 Å². The summed E-state index contributed by atoms with van der Waals surface area (Å²) in [6.45, 7) is 4.00. The number of carbonyl (C=O) groups is 1. The largest absolute Gasteiger partial charge is 0.508 e. The van der Waals surface area contributed by atoms with Crippen LogP contribution in [0.2, 0.25) is 0 Å². The smallest absolute Gasteiger partial charge is 0.435 e. The molecule has 0 aliphatic rings. The van der Waals surface area contributed by atoms with Crippen LogP contribution in [0.5, 0.6) is 0 Å². The molecule has 0 unspecified atom stereocenters. The summed E-state index contributed by atoms with van der Waals surface area (Å²) in [5, 5.41) is 0. The summed E-state index contributed by atoms with van der Waals surface area (Å²) in [6, 6.07) is 6.12. The van der Waals surface area contributed by atoms with E-state index in [-0.39, 0.29) is 12.4 Å². The van der Waals surface area contributed by atoms with Gasteiger partial charge in [-0.3, -0.25) is 0 Å². The molecule has 0 fully saturated rings. The van der Waals surface area contributed by atoms with Crippen molar-refractivity contribution < 1.29 is 18.7 Å². The first-order valence-electron chi connectivity index (χ1n) is 5.35. The molecule has 0 aliphatic carbocycles. The fourth-order valence-corrected chi connectivity index (χ4v) is 1.22. The molecule has 3 nitrogen and oxygen atoms in total. The molecule has 0 atom stereocenters. The summed E-state index contributed by atoms with van der Waals surface area (Å²) < 4.78 is 22.1. The highest BCUT2D eigenvalue weighted by Crippen LogP contribution is 2.13. The van der Waals surface area contributed by atoms with Crippen LogP contribution < -0.4 is 0 Å². The minimum atomic E-state index is -0.685.